The fourth-order valence-corrected chi connectivity index (χ4v) is 2.34. The summed E-state index contributed by atoms with van der Waals surface area (Å²) in [5, 5.41) is 3.02. The van der Waals surface area contributed by atoms with Crippen LogP contribution in [0.1, 0.15) is 18.3 Å². The molecule has 0 saturated heterocycles. The average molecular weight is 397 g/mol. The normalized spacial score (nSPS) is 11.6. The number of nitrogen functional groups attached to an aromatic ring is 1. The van der Waals surface area contributed by atoms with Crippen molar-refractivity contribution in [2.75, 3.05) is 11.1 Å². The van der Waals surface area contributed by atoms with Crippen LogP contribution < -0.4 is 15.8 Å². The van der Waals surface area contributed by atoms with E-state index in [1.165, 1.54) is 31.2 Å². The highest BCUT2D eigenvalue weighted by molar-refractivity contribution is 5.74. The Morgan fingerprint density at radius 3 is 2.48 bits per heavy atom. The van der Waals surface area contributed by atoms with Crippen LogP contribution >= 0.6 is 0 Å². The molecule has 0 aliphatic heterocycles. The number of nitrogens with one attached hydrogen (secondary N) is 1. The number of carbonyl (C=O) groups excluding carboxylic acids is 1. The molecule has 1 aromatic heterocycles. The molecule has 3 rings (SSSR count). The molecule has 29 heavy (non-hydrogen) atoms. The van der Waals surface area contributed by atoms with Gasteiger partial charge in [0, 0.05) is 5.69 Å². The second kappa shape index (κ2) is 8.96. The third-order valence-corrected chi connectivity index (χ3v) is 3.81. The molecular weight excluding hydrogens is 377 g/mol. The van der Waals surface area contributed by atoms with E-state index in [1.807, 2.05) is 31.2 Å². The molecule has 150 valence electrons. The molecule has 8 nitrogen and oxygen atoms in total. The topological polar surface area (TPSA) is 112 Å². The van der Waals surface area contributed by atoms with E-state index in [-0.39, 0.29) is 24.3 Å². The van der Waals surface area contributed by atoms with Gasteiger partial charge in [0.15, 0.2) is 18.5 Å². The minimum Gasteiger partial charge on any atom is -0.479 e. The maximum Gasteiger partial charge on any atom is 0.347 e. The van der Waals surface area contributed by atoms with Gasteiger partial charge in [-0.2, -0.15) is 15.0 Å². The van der Waals surface area contributed by atoms with Gasteiger partial charge < -0.3 is 20.5 Å². The standard InChI is InChI=1S/C20H20FN5O3/c1-12-3-7-15(8-4-12)23-20-25-17(24-19(22)26-20)11-28-18(27)13(2)29-16-9-5-14(21)6-10-16/h3-10,13H,11H2,1-2H3,(H3,22,23,24,25,26)/t13-/m1/s1. The molecule has 1 heterocycles. The van der Waals surface area contributed by atoms with Gasteiger partial charge in [-0.3, -0.25) is 0 Å². The van der Waals surface area contributed by atoms with Crippen molar-refractivity contribution in [3.8, 4) is 5.75 Å². The molecule has 0 amide bonds. The number of ether oxygens (including phenoxy) is 2. The highest BCUT2D eigenvalue weighted by Gasteiger charge is 2.17. The molecule has 9 heteroatoms. The highest BCUT2D eigenvalue weighted by Crippen LogP contribution is 2.16. The molecule has 0 radical (unpaired) electrons. The van der Waals surface area contributed by atoms with E-state index in [4.69, 9.17) is 15.2 Å². The Morgan fingerprint density at radius 2 is 1.79 bits per heavy atom. The molecule has 0 aliphatic carbocycles. The predicted octanol–water partition coefficient (Wildman–Crippen LogP) is 3.16. The van der Waals surface area contributed by atoms with E-state index < -0.39 is 17.9 Å². The van der Waals surface area contributed by atoms with Crippen molar-refractivity contribution < 1.29 is 18.7 Å². The number of benzene rings is 2. The van der Waals surface area contributed by atoms with Crippen molar-refractivity contribution in [2.24, 2.45) is 0 Å². The van der Waals surface area contributed by atoms with Gasteiger partial charge >= 0.3 is 5.97 Å². The number of aryl methyl sites for hydroxylation is 1. The second-order valence-electron chi connectivity index (χ2n) is 6.25. The number of nitrogens with two attached hydrogens (primary N) is 1. The maximum atomic E-state index is 12.9. The molecule has 0 unspecified atom stereocenters. The van der Waals surface area contributed by atoms with E-state index in [0.717, 1.165) is 11.3 Å². The summed E-state index contributed by atoms with van der Waals surface area (Å²) in [6, 6.07) is 13.0. The summed E-state index contributed by atoms with van der Waals surface area (Å²) in [7, 11) is 0. The van der Waals surface area contributed by atoms with E-state index in [2.05, 4.69) is 20.3 Å². The predicted molar refractivity (Wildman–Crippen MR) is 105 cm³/mol. The number of halogens is 1. The highest BCUT2D eigenvalue weighted by atomic mass is 19.1. The van der Waals surface area contributed by atoms with Crippen LogP contribution in [0.25, 0.3) is 0 Å². The van der Waals surface area contributed by atoms with Gasteiger partial charge in [-0.05, 0) is 50.2 Å². The first kappa shape index (κ1) is 20.0. The molecule has 0 fully saturated rings. The molecule has 1 atom stereocenters. The number of esters is 1. The van der Waals surface area contributed by atoms with E-state index in [9.17, 15) is 9.18 Å². The Hall–Kier alpha value is -3.75. The summed E-state index contributed by atoms with van der Waals surface area (Å²) >= 11 is 0. The fourth-order valence-electron chi connectivity index (χ4n) is 2.34. The van der Waals surface area contributed by atoms with Crippen LogP contribution in [0.5, 0.6) is 5.75 Å². The van der Waals surface area contributed by atoms with Gasteiger partial charge in [0.05, 0.1) is 0 Å². The molecular formula is C20H20FN5O3. The van der Waals surface area contributed by atoms with Crippen LogP contribution in [0.4, 0.5) is 22.0 Å². The van der Waals surface area contributed by atoms with Gasteiger partial charge in [-0.1, -0.05) is 17.7 Å². The summed E-state index contributed by atoms with van der Waals surface area (Å²) in [4.78, 5) is 24.3. The van der Waals surface area contributed by atoms with Crippen LogP contribution in [0.2, 0.25) is 0 Å². The van der Waals surface area contributed by atoms with Crippen molar-refractivity contribution in [1.82, 2.24) is 15.0 Å². The van der Waals surface area contributed by atoms with Gasteiger partial charge in [-0.15, -0.1) is 0 Å². The van der Waals surface area contributed by atoms with E-state index in [0.29, 0.717) is 5.75 Å². The molecule has 3 aromatic rings. The lowest BCUT2D eigenvalue weighted by Gasteiger charge is -2.14. The van der Waals surface area contributed by atoms with Crippen LogP contribution in [-0.2, 0) is 16.1 Å². The van der Waals surface area contributed by atoms with Gasteiger partial charge in [0.25, 0.3) is 0 Å². The lowest BCUT2D eigenvalue weighted by atomic mass is 10.2. The number of hydrogen-bond donors (Lipinski definition) is 2. The summed E-state index contributed by atoms with van der Waals surface area (Å²) in [5.41, 5.74) is 7.62. The first-order valence-electron chi connectivity index (χ1n) is 8.82. The van der Waals surface area contributed by atoms with Gasteiger partial charge in [-0.25, -0.2) is 9.18 Å². The Morgan fingerprint density at radius 1 is 1.10 bits per heavy atom. The molecule has 0 spiro atoms. The van der Waals surface area contributed by atoms with Crippen LogP contribution in [0.3, 0.4) is 0 Å². The van der Waals surface area contributed by atoms with E-state index >= 15 is 0 Å². The van der Waals surface area contributed by atoms with Crippen molar-refractivity contribution in [2.45, 2.75) is 26.6 Å². The number of hydrogen-bond acceptors (Lipinski definition) is 8. The minimum atomic E-state index is -0.898. The summed E-state index contributed by atoms with van der Waals surface area (Å²) < 4.78 is 23.5. The zero-order valence-electron chi connectivity index (χ0n) is 15.9. The molecule has 0 saturated carbocycles. The van der Waals surface area contributed by atoms with Crippen molar-refractivity contribution >= 4 is 23.6 Å². The van der Waals surface area contributed by atoms with Crippen LogP contribution in [0, 0.1) is 12.7 Å². The Balaban J connectivity index is 1.59. The minimum absolute atomic E-state index is 0.00345. The van der Waals surface area contributed by atoms with Crippen LogP contribution in [-0.4, -0.2) is 27.0 Å². The molecule has 2 aromatic carbocycles. The molecule has 0 bridgehead atoms. The first-order valence-corrected chi connectivity index (χ1v) is 8.82. The molecule has 0 aliphatic rings. The summed E-state index contributed by atoms with van der Waals surface area (Å²) in [6.07, 6.45) is -0.898. The molecule has 3 N–H and O–H groups in total. The number of aromatic nitrogens is 3. The van der Waals surface area contributed by atoms with Gasteiger partial charge in [0.1, 0.15) is 11.6 Å². The smallest absolute Gasteiger partial charge is 0.347 e. The zero-order valence-corrected chi connectivity index (χ0v) is 15.9. The third kappa shape index (κ3) is 5.86. The van der Waals surface area contributed by atoms with E-state index in [1.54, 1.807) is 0 Å². The average Bonchev–Trinajstić information content (AvgIpc) is 2.69. The second-order valence-corrected chi connectivity index (χ2v) is 6.25. The van der Waals surface area contributed by atoms with Crippen molar-refractivity contribution in [3.63, 3.8) is 0 Å². The number of rotatable bonds is 7. The Bertz CT molecular complexity index is 980. The number of carbonyl (C=O) groups is 1. The summed E-state index contributed by atoms with van der Waals surface area (Å²) in [6.45, 7) is 3.31. The third-order valence-electron chi connectivity index (χ3n) is 3.81. The van der Waals surface area contributed by atoms with Crippen molar-refractivity contribution in [3.05, 3.63) is 65.7 Å². The maximum absolute atomic E-state index is 12.9. The Kier molecular flexibility index (Phi) is 6.18. The van der Waals surface area contributed by atoms with Gasteiger partial charge in [0.2, 0.25) is 11.9 Å². The summed E-state index contributed by atoms with van der Waals surface area (Å²) in [5.74, 6) is -0.241. The quantitative estimate of drug-likeness (QED) is 0.585. The lowest BCUT2D eigenvalue weighted by Crippen LogP contribution is -2.26. The SMILES string of the molecule is Cc1ccc(Nc2nc(N)nc(COC(=O)[C@@H](C)Oc3ccc(F)cc3)n2)cc1. The largest absolute Gasteiger partial charge is 0.479 e. The monoisotopic (exact) mass is 397 g/mol. The Labute approximate surface area is 166 Å². The number of anilines is 3. The lowest BCUT2D eigenvalue weighted by molar-refractivity contribution is -0.152. The number of nitrogens with zero attached hydrogens (tertiary/aromatic N) is 3. The van der Waals surface area contributed by atoms with Crippen molar-refractivity contribution in [1.29, 1.82) is 0 Å². The van der Waals surface area contributed by atoms with Crippen LogP contribution in [0.15, 0.2) is 48.5 Å². The zero-order chi connectivity index (χ0) is 20.8. The first-order chi connectivity index (χ1) is 13.9. The fraction of sp³-hybridized carbons (Fsp3) is 0.200.